The lowest BCUT2D eigenvalue weighted by molar-refractivity contribution is -0.116. The molecule has 2 aromatic heterocycles. The maximum absolute atomic E-state index is 12.3. The molecule has 0 saturated carbocycles. The molecule has 2 aliphatic carbocycles. The Morgan fingerprint density at radius 3 is 1.63 bits per heavy atom. The van der Waals surface area contributed by atoms with Gasteiger partial charge in [0.15, 0.2) is 0 Å². The number of H-pyrrole nitrogens is 2. The summed E-state index contributed by atoms with van der Waals surface area (Å²) in [6, 6.07) is 10.2. The summed E-state index contributed by atoms with van der Waals surface area (Å²) in [7, 11) is 0. The zero-order valence-electron chi connectivity index (χ0n) is 23.3. The summed E-state index contributed by atoms with van der Waals surface area (Å²) in [5.41, 5.74) is 10.5. The zero-order chi connectivity index (χ0) is 29.7. The van der Waals surface area contributed by atoms with Gasteiger partial charge in [0.25, 0.3) is 11.6 Å². The van der Waals surface area contributed by atoms with Crippen molar-refractivity contribution in [2.24, 2.45) is 0 Å². The highest BCUT2D eigenvalue weighted by molar-refractivity contribution is 6.53. The Balaban J connectivity index is 0.000000166. The predicted octanol–water partition coefficient (Wildman–Crippen LogP) is 4.87. The Morgan fingerprint density at radius 1 is 0.707 bits per heavy atom. The molecule has 2 heterocycles. The summed E-state index contributed by atoms with van der Waals surface area (Å²) in [6.07, 6.45) is 0.249. The molecule has 0 fully saturated rings. The molecule has 0 atom stereocenters. The molecule has 0 bridgehead atoms. The van der Waals surface area contributed by atoms with Crippen molar-refractivity contribution in [1.82, 2.24) is 19.9 Å². The highest BCUT2D eigenvalue weighted by Gasteiger charge is 2.35. The first-order valence-electron chi connectivity index (χ1n) is 13.3. The molecule has 208 valence electrons. The van der Waals surface area contributed by atoms with Crippen molar-refractivity contribution in [3.8, 4) is 22.5 Å². The molecular weight excluding hydrogens is 522 g/mol. The number of carbonyl (C=O) groups is 5. The summed E-state index contributed by atoms with van der Waals surface area (Å²) >= 11 is 0. The van der Waals surface area contributed by atoms with Crippen LogP contribution in [0.25, 0.3) is 22.5 Å². The molecule has 2 aromatic carbocycles. The van der Waals surface area contributed by atoms with Crippen LogP contribution in [0.5, 0.6) is 0 Å². The largest absolute Gasteiger partial charge is 0.399 e. The van der Waals surface area contributed by atoms with Gasteiger partial charge in [0.05, 0.1) is 0 Å². The molecule has 4 aromatic rings. The highest BCUT2D eigenvalue weighted by Crippen LogP contribution is 2.35. The number of nitrogens with zero attached hydrogens (tertiary/aromatic N) is 2. The number of carbonyl (C=O) groups excluding carboxylic acids is 5. The third-order valence-electron chi connectivity index (χ3n) is 6.98. The quantitative estimate of drug-likeness (QED) is 0.238. The first kappa shape index (κ1) is 27.6. The molecule has 10 nitrogen and oxygen atoms in total. The van der Waals surface area contributed by atoms with Gasteiger partial charge >= 0.3 is 0 Å². The number of nitrogens with two attached hydrogens (primary N) is 1. The summed E-state index contributed by atoms with van der Waals surface area (Å²) in [5.74, 6) is -0.505. The van der Waals surface area contributed by atoms with Crippen molar-refractivity contribution in [2.45, 2.75) is 52.9 Å². The molecule has 4 N–H and O–H groups in total. The third kappa shape index (κ3) is 4.82. The van der Waals surface area contributed by atoms with E-state index in [4.69, 9.17) is 5.73 Å². The second-order valence-corrected chi connectivity index (χ2v) is 10.9. The normalized spacial score (nSPS) is 13.4. The molecule has 6 rings (SSSR count). The topological polar surface area (TPSA) is 169 Å². The molecule has 0 saturated heterocycles. The number of ketones is 5. The predicted molar refractivity (Wildman–Crippen MR) is 152 cm³/mol. The van der Waals surface area contributed by atoms with Crippen LogP contribution in [-0.4, -0.2) is 48.9 Å². The van der Waals surface area contributed by atoms with Gasteiger partial charge in [-0.1, -0.05) is 39.8 Å². The van der Waals surface area contributed by atoms with Crippen molar-refractivity contribution >= 4 is 34.6 Å². The van der Waals surface area contributed by atoms with Crippen molar-refractivity contribution in [2.75, 3.05) is 5.73 Å². The number of nitrogens with one attached hydrogen (secondary N) is 2. The van der Waals surface area contributed by atoms with Crippen LogP contribution in [0.3, 0.4) is 0 Å². The lowest BCUT2D eigenvalue weighted by Crippen LogP contribution is -2.21. The van der Waals surface area contributed by atoms with Crippen LogP contribution >= 0.6 is 0 Å². The minimum atomic E-state index is -0.568. The van der Waals surface area contributed by atoms with Gasteiger partial charge in [0.1, 0.15) is 40.2 Å². The average Bonchev–Trinajstić information content (AvgIpc) is 3.57. The Kier molecular flexibility index (Phi) is 6.86. The second kappa shape index (κ2) is 10.2. The van der Waals surface area contributed by atoms with E-state index >= 15 is 0 Å². The van der Waals surface area contributed by atoms with Crippen molar-refractivity contribution < 1.29 is 24.0 Å². The van der Waals surface area contributed by atoms with Gasteiger partial charge < -0.3 is 15.7 Å². The lowest BCUT2D eigenvalue weighted by atomic mass is 9.88. The van der Waals surface area contributed by atoms with Crippen LogP contribution in [0.15, 0.2) is 36.4 Å². The van der Waals surface area contributed by atoms with E-state index in [0.29, 0.717) is 51.0 Å². The number of rotatable bonds is 4. The van der Waals surface area contributed by atoms with Gasteiger partial charge in [-0.2, -0.15) is 0 Å². The SMILES string of the molecule is CC(=O)Cc1ccc2c(c1)C(=O)C(=O)c1[nH]c(C(C)C)nc1-2.CC(C)c1nc2c([nH]1)C(=O)C(=O)c1cc(N)ccc1-2. The van der Waals surface area contributed by atoms with Crippen LogP contribution in [0, 0.1) is 0 Å². The maximum Gasteiger partial charge on any atom is 0.251 e. The van der Waals surface area contributed by atoms with Crippen LogP contribution in [-0.2, 0) is 11.2 Å². The van der Waals surface area contributed by atoms with Gasteiger partial charge in [0.2, 0.25) is 11.6 Å². The molecule has 0 spiro atoms. The number of hydrogen-bond acceptors (Lipinski definition) is 8. The van der Waals surface area contributed by atoms with Gasteiger partial charge in [-0.3, -0.25) is 24.0 Å². The number of fused-ring (bicyclic) bond motifs is 6. The molecular formula is C31H29N5O5. The minimum absolute atomic E-state index is 0.0112. The number of nitrogen functional groups attached to an aromatic ring is 1. The van der Waals surface area contributed by atoms with E-state index < -0.39 is 23.1 Å². The molecule has 41 heavy (non-hydrogen) atoms. The van der Waals surface area contributed by atoms with Gasteiger partial charge in [-0.25, -0.2) is 9.97 Å². The number of benzene rings is 2. The molecule has 10 heteroatoms. The van der Waals surface area contributed by atoms with Crippen LogP contribution in [0.2, 0.25) is 0 Å². The Labute approximate surface area is 235 Å². The number of aromatic nitrogens is 4. The standard InChI is InChI=1S/C17H16N2O3.C14H13N3O2/c1-8(2)17-18-13-11-5-4-10(6-9(3)20)7-12(11)15(21)16(22)14(13)19-17;1-6(2)14-16-10-8-4-3-7(15)5-9(8)12(18)13(19)11(10)17-14/h4-5,7-8H,6H2,1-3H3,(H,18,19);3-6H,15H2,1-2H3,(H,16,17). The maximum atomic E-state index is 12.3. The second-order valence-electron chi connectivity index (χ2n) is 10.9. The van der Waals surface area contributed by atoms with Gasteiger partial charge in [0, 0.05) is 46.2 Å². The fourth-order valence-corrected chi connectivity index (χ4v) is 4.86. The molecule has 0 unspecified atom stereocenters. The van der Waals surface area contributed by atoms with E-state index in [1.54, 1.807) is 30.3 Å². The first-order valence-corrected chi connectivity index (χ1v) is 13.3. The van der Waals surface area contributed by atoms with E-state index in [9.17, 15) is 24.0 Å². The smallest absolute Gasteiger partial charge is 0.251 e. The van der Waals surface area contributed by atoms with Crippen molar-refractivity contribution in [1.29, 1.82) is 0 Å². The van der Waals surface area contributed by atoms with Crippen molar-refractivity contribution in [3.05, 3.63) is 76.1 Å². The van der Waals surface area contributed by atoms with Crippen molar-refractivity contribution in [3.63, 3.8) is 0 Å². The molecule has 0 radical (unpaired) electrons. The first-order chi connectivity index (χ1) is 19.4. The fourth-order valence-electron chi connectivity index (χ4n) is 4.86. The Bertz CT molecular complexity index is 1790. The Morgan fingerprint density at radius 2 is 1.17 bits per heavy atom. The molecule has 2 aliphatic rings. The fraction of sp³-hybridized carbons (Fsp3) is 0.258. The lowest BCUT2D eigenvalue weighted by Gasteiger charge is -2.14. The number of hydrogen-bond donors (Lipinski definition) is 3. The van der Waals surface area contributed by atoms with Crippen LogP contribution in [0.1, 0.15) is 105 Å². The third-order valence-corrected chi connectivity index (χ3v) is 6.98. The number of aromatic amines is 2. The van der Waals surface area contributed by atoms with Crippen LogP contribution in [0.4, 0.5) is 5.69 Å². The summed E-state index contributed by atoms with van der Waals surface area (Å²) in [6.45, 7) is 9.37. The summed E-state index contributed by atoms with van der Waals surface area (Å²) < 4.78 is 0. The van der Waals surface area contributed by atoms with Gasteiger partial charge in [-0.05, 0) is 36.8 Å². The number of imidazole rings is 2. The monoisotopic (exact) mass is 551 g/mol. The Hall–Kier alpha value is -4.99. The van der Waals surface area contributed by atoms with E-state index in [2.05, 4.69) is 19.9 Å². The van der Waals surface area contributed by atoms with Crippen LogP contribution < -0.4 is 5.73 Å². The molecule has 0 aliphatic heterocycles. The van der Waals surface area contributed by atoms with E-state index in [1.807, 2.05) is 27.7 Å². The number of Topliss-reactive ketones (excluding diaryl/α,β-unsaturated/α-hetero) is 5. The molecule has 0 amide bonds. The van der Waals surface area contributed by atoms with E-state index in [-0.39, 0.29) is 35.4 Å². The zero-order valence-corrected chi connectivity index (χ0v) is 23.3. The highest BCUT2D eigenvalue weighted by atomic mass is 16.2. The van der Waals surface area contributed by atoms with E-state index in [1.165, 1.54) is 13.0 Å². The van der Waals surface area contributed by atoms with Gasteiger partial charge in [-0.15, -0.1) is 0 Å². The number of anilines is 1. The minimum Gasteiger partial charge on any atom is -0.399 e. The average molecular weight is 552 g/mol. The van der Waals surface area contributed by atoms with E-state index in [0.717, 1.165) is 5.56 Å². The summed E-state index contributed by atoms with van der Waals surface area (Å²) in [5, 5.41) is 0. The summed E-state index contributed by atoms with van der Waals surface area (Å²) in [4.78, 5) is 74.8.